The van der Waals surface area contributed by atoms with Crippen LogP contribution in [0.15, 0.2) is 59.0 Å². The molecule has 8 nitrogen and oxygen atoms in total. The summed E-state index contributed by atoms with van der Waals surface area (Å²) in [5.74, 6) is 1.32. The van der Waals surface area contributed by atoms with Crippen LogP contribution in [0.25, 0.3) is 17.4 Å². The predicted molar refractivity (Wildman–Crippen MR) is 132 cm³/mol. The van der Waals surface area contributed by atoms with E-state index in [1.54, 1.807) is 53.4 Å². The van der Waals surface area contributed by atoms with E-state index in [-0.39, 0.29) is 11.6 Å². The van der Waals surface area contributed by atoms with Crippen molar-refractivity contribution < 1.29 is 18.9 Å². The second kappa shape index (κ2) is 10.2. The van der Waals surface area contributed by atoms with Gasteiger partial charge in [0.2, 0.25) is 5.91 Å². The molecule has 0 bridgehead atoms. The topological polar surface area (TPSA) is 89.1 Å². The number of hydrogen-bond donors (Lipinski definition) is 0. The number of anilines is 1. The number of halogens is 2. The van der Waals surface area contributed by atoms with Gasteiger partial charge in [0.25, 0.3) is 5.69 Å². The number of benzene rings is 2. The fourth-order valence-corrected chi connectivity index (χ4v) is 4.15. The maximum atomic E-state index is 12.7. The van der Waals surface area contributed by atoms with E-state index < -0.39 is 4.92 Å². The number of nitro groups is 1. The van der Waals surface area contributed by atoms with Gasteiger partial charge in [-0.2, -0.15) is 0 Å². The molecule has 176 valence electrons. The molecule has 1 saturated heterocycles. The summed E-state index contributed by atoms with van der Waals surface area (Å²) in [6, 6.07) is 13.6. The Morgan fingerprint density at radius 3 is 2.59 bits per heavy atom. The van der Waals surface area contributed by atoms with E-state index in [1.165, 1.54) is 19.3 Å². The standard InChI is InChI=1S/C24H21Cl2N3O5/c1-33-17-5-8-20(21(15-17)29(31)32)27-11-13-28(14-12-27)23(30)10-7-16-6-9-22(34-16)18-3-2-4-19(25)24(18)26/h2-10,15H,11-14H2,1H3. The van der Waals surface area contributed by atoms with Gasteiger partial charge < -0.3 is 19.0 Å². The third kappa shape index (κ3) is 5.03. The number of hydrogen-bond acceptors (Lipinski definition) is 6. The zero-order valence-electron chi connectivity index (χ0n) is 18.2. The molecule has 0 spiro atoms. The normalized spacial score (nSPS) is 14.0. The van der Waals surface area contributed by atoms with Crippen LogP contribution in [0.2, 0.25) is 10.0 Å². The Bertz CT molecular complexity index is 1250. The van der Waals surface area contributed by atoms with Crippen molar-refractivity contribution in [3.05, 3.63) is 80.5 Å². The number of ether oxygens (including phenoxy) is 1. The van der Waals surface area contributed by atoms with Crippen molar-refractivity contribution in [2.75, 3.05) is 38.2 Å². The average molecular weight is 502 g/mol. The number of methoxy groups -OCH3 is 1. The highest BCUT2D eigenvalue weighted by Crippen LogP contribution is 2.35. The van der Waals surface area contributed by atoms with Gasteiger partial charge in [0.15, 0.2) is 0 Å². The minimum absolute atomic E-state index is 0.0209. The van der Waals surface area contributed by atoms with Gasteiger partial charge in [-0.05, 0) is 42.5 Å². The number of nitrogens with zero attached hydrogens (tertiary/aromatic N) is 3. The lowest BCUT2D eigenvalue weighted by Crippen LogP contribution is -2.48. The van der Waals surface area contributed by atoms with Crippen molar-refractivity contribution in [2.45, 2.75) is 0 Å². The molecule has 1 aliphatic rings. The lowest BCUT2D eigenvalue weighted by molar-refractivity contribution is -0.384. The smallest absolute Gasteiger partial charge is 0.296 e. The first-order valence-electron chi connectivity index (χ1n) is 10.5. The summed E-state index contributed by atoms with van der Waals surface area (Å²) in [6.07, 6.45) is 3.05. The van der Waals surface area contributed by atoms with Crippen molar-refractivity contribution in [3.8, 4) is 17.1 Å². The van der Waals surface area contributed by atoms with E-state index >= 15 is 0 Å². The number of carbonyl (C=O) groups is 1. The molecule has 2 heterocycles. The summed E-state index contributed by atoms with van der Waals surface area (Å²) in [4.78, 5) is 27.3. The first-order valence-corrected chi connectivity index (χ1v) is 11.2. The van der Waals surface area contributed by atoms with Gasteiger partial charge in [-0.25, -0.2) is 0 Å². The Balaban J connectivity index is 1.39. The average Bonchev–Trinajstić information content (AvgIpc) is 3.32. The van der Waals surface area contributed by atoms with Crippen molar-refractivity contribution in [1.82, 2.24) is 4.90 Å². The summed E-state index contributed by atoms with van der Waals surface area (Å²) in [5, 5.41) is 12.3. The van der Waals surface area contributed by atoms with Crippen molar-refractivity contribution in [3.63, 3.8) is 0 Å². The molecule has 0 aliphatic carbocycles. The summed E-state index contributed by atoms with van der Waals surface area (Å²) in [6.45, 7) is 1.83. The zero-order chi connectivity index (χ0) is 24.2. The number of rotatable bonds is 6. The molecular weight excluding hydrogens is 481 g/mol. The van der Waals surface area contributed by atoms with Gasteiger partial charge in [0.1, 0.15) is 23.0 Å². The van der Waals surface area contributed by atoms with Gasteiger partial charge in [-0.3, -0.25) is 14.9 Å². The fraction of sp³-hybridized carbons (Fsp3) is 0.208. The minimum Gasteiger partial charge on any atom is -0.496 e. The highest BCUT2D eigenvalue weighted by Gasteiger charge is 2.25. The zero-order valence-corrected chi connectivity index (χ0v) is 19.8. The van der Waals surface area contributed by atoms with Gasteiger partial charge >= 0.3 is 0 Å². The number of carbonyl (C=O) groups excluding carboxylic acids is 1. The molecule has 10 heteroatoms. The molecule has 0 saturated carbocycles. The van der Waals surface area contributed by atoms with Crippen LogP contribution in [0.5, 0.6) is 5.75 Å². The first-order chi connectivity index (χ1) is 16.4. The molecule has 0 N–H and O–H groups in total. The molecule has 1 aromatic heterocycles. The van der Waals surface area contributed by atoms with Crippen LogP contribution in [0.3, 0.4) is 0 Å². The summed E-state index contributed by atoms with van der Waals surface area (Å²) < 4.78 is 10.9. The van der Waals surface area contributed by atoms with Gasteiger partial charge in [0.05, 0.1) is 28.1 Å². The van der Waals surface area contributed by atoms with Crippen molar-refractivity contribution in [1.29, 1.82) is 0 Å². The van der Waals surface area contributed by atoms with Crippen LogP contribution in [-0.2, 0) is 4.79 Å². The Morgan fingerprint density at radius 2 is 1.88 bits per heavy atom. The lowest BCUT2D eigenvalue weighted by Gasteiger charge is -2.35. The Labute approximate surface area is 206 Å². The van der Waals surface area contributed by atoms with E-state index in [4.69, 9.17) is 32.4 Å². The van der Waals surface area contributed by atoms with Crippen LogP contribution in [0.1, 0.15) is 5.76 Å². The molecule has 1 aliphatic heterocycles. The molecule has 1 fully saturated rings. The van der Waals surface area contributed by atoms with Gasteiger partial charge in [0, 0.05) is 37.8 Å². The quantitative estimate of drug-likeness (QED) is 0.250. The van der Waals surface area contributed by atoms with Crippen LogP contribution >= 0.6 is 23.2 Å². The lowest BCUT2D eigenvalue weighted by atomic mass is 10.2. The molecule has 34 heavy (non-hydrogen) atoms. The highest BCUT2D eigenvalue weighted by molar-refractivity contribution is 6.43. The maximum absolute atomic E-state index is 12.7. The SMILES string of the molecule is COc1ccc(N2CCN(C(=O)C=Cc3ccc(-c4cccc(Cl)c4Cl)o3)CC2)c([N+](=O)[O-])c1. The Hall–Kier alpha value is -3.49. The number of piperazine rings is 1. The Morgan fingerprint density at radius 1 is 1.12 bits per heavy atom. The molecule has 0 atom stereocenters. The number of amides is 1. The van der Waals surface area contributed by atoms with E-state index in [2.05, 4.69) is 0 Å². The maximum Gasteiger partial charge on any atom is 0.296 e. The van der Waals surface area contributed by atoms with Crippen LogP contribution in [0.4, 0.5) is 11.4 Å². The molecule has 2 aromatic carbocycles. The first kappa shape index (κ1) is 23.7. The third-order valence-corrected chi connectivity index (χ3v) is 6.36. The summed E-state index contributed by atoms with van der Waals surface area (Å²) in [7, 11) is 1.46. The van der Waals surface area contributed by atoms with Gasteiger partial charge in [-0.1, -0.05) is 29.3 Å². The highest BCUT2D eigenvalue weighted by atomic mass is 35.5. The van der Waals surface area contributed by atoms with Gasteiger partial charge in [-0.15, -0.1) is 0 Å². The molecule has 3 aromatic rings. The monoisotopic (exact) mass is 501 g/mol. The number of furan rings is 1. The van der Waals surface area contributed by atoms with E-state index in [9.17, 15) is 14.9 Å². The molecule has 0 unspecified atom stereocenters. The van der Waals surface area contributed by atoms with E-state index in [0.29, 0.717) is 64.7 Å². The summed E-state index contributed by atoms with van der Waals surface area (Å²) >= 11 is 12.3. The third-order valence-electron chi connectivity index (χ3n) is 5.55. The number of nitro benzene ring substituents is 1. The van der Waals surface area contributed by atoms with Crippen LogP contribution in [-0.4, -0.2) is 49.0 Å². The largest absolute Gasteiger partial charge is 0.496 e. The minimum atomic E-state index is -0.424. The van der Waals surface area contributed by atoms with Crippen LogP contribution < -0.4 is 9.64 Å². The second-order valence-electron chi connectivity index (χ2n) is 7.56. The predicted octanol–water partition coefficient (Wildman–Crippen LogP) is 5.53. The molecule has 1 amide bonds. The van der Waals surface area contributed by atoms with E-state index in [1.807, 2.05) is 4.90 Å². The molecular formula is C24H21Cl2N3O5. The summed E-state index contributed by atoms with van der Waals surface area (Å²) in [5.41, 5.74) is 1.16. The molecule has 0 radical (unpaired) electrons. The van der Waals surface area contributed by atoms with Crippen molar-refractivity contribution >= 4 is 46.6 Å². The second-order valence-corrected chi connectivity index (χ2v) is 8.35. The Kier molecular flexibility index (Phi) is 7.09. The van der Waals surface area contributed by atoms with E-state index in [0.717, 1.165) is 0 Å². The fourth-order valence-electron chi connectivity index (χ4n) is 3.75. The molecule has 4 rings (SSSR count). The van der Waals surface area contributed by atoms with Crippen LogP contribution in [0, 0.1) is 10.1 Å². The van der Waals surface area contributed by atoms with Crippen molar-refractivity contribution in [2.24, 2.45) is 0 Å².